The number of carbonyl (C=O) groups excluding carboxylic acids is 3. The van der Waals surface area contributed by atoms with Crippen LogP contribution in [-0.4, -0.2) is 23.6 Å². The van der Waals surface area contributed by atoms with E-state index >= 15 is 4.39 Å². The van der Waals surface area contributed by atoms with Crippen molar-refractivity contribution in [1.82, 2.24) is 5.32 Å². The van der Waals surface area contributed by atoms with Crippen LogP contribution in [0.2, 0.25) is 0 Å². The highest BCUT2D eigenvalue weighted by molar-refractivity contribution is 6.12. The molecular formula is C26H25FN2O4. The monoisotopic (exact) mass is 448 g/mol. The number of rotatable bonds is 7. The number of halogens is 1. The molecule has 4 rings (SSSR count). The number of Topliss-reactive ketones (excluding diaryl/α,β-unsaturated/α-hetero) is 1. The third kappa shape index (κ3) is 4.72. The average Bonchev–Trinajstić information content (AvgIpc) is 3.52. The van der Waals surface area contributed by atoms with Crippen molar-refractivity contribution in [2.24, 2.45) is 0 Å². The summed E-state index contributed by atoms with van der Waals surface area (Å²) >= 11 is 0. The van der Waals surface area contributed by atoms with Crippen molar-refractivity contribution in [3.05, 3.63) is 89.6 Å². The molecule has 0 aliphatic heterocycles. The van der Waals surface area contributed by atoms with Gasteiger partial charge in [0.05, 0.1) is 12.0 Å². The second kappa shape index (κ2) is 9.81. The predicted octanol–water partition coefficient (Wildman–Crippen LogP) is 5.07. The van der Waals surface area contributed by atoms with Crippen molar-refractivity contribution < 1.29 is 23.2 Å². The average molecular weight is 448 g/mol. The largest absolute Gasteiger partial charge is 0.459 e. The van der Waals surface area contributed by atoms with Crippen LogP contribution in [0.4, 0.5) is 10.1 Å². The third-order valence-electron chi connectivity index (χ3n) is 5.90. The molecule has 1 aliphatic rings. The van der Waals surface area contributed by atoms with Gasteiger partial charge < -0.3 is 9.73 Å². The maximum atomic E-state index is 15.0. The van der Waals surface area contributed by atoms with Crippen LogP contribution in [0.1, 0.15) is 65.1 Å². The van der Waals surface area contributed by atoms with E-state index in [0.29, 0.717) is 0 Å². The number of benzene rings is 2. The Hall–Kier alpha value is -3.74. The molecule has 1 unspecified atom stereocenters. The third-order valence-corrected chi connectivity index (χ3v) is 5.90. The van der Waals surface area contributed by atoms with E-state index in [1.165, 1.54) is 37.5 Å². The maximum Gasteiger partial charge on any atom is 0.294 e. The van der Waals surface area contributed by atoms with Gasteiger partial charge in [0.2, 0.25) is 5.91 Å². The minimum absolute atomic E-state index is 0.0247. The van der Waals surface area contributed by atoms with Gasteiger partial charge >= 0.3 is 0 Å². The summed E-state index contributed by atoms with van der Waals surface area (Å²) < 4.78 is 20.4. The second-order valence-corrected chi connectivity index (χ2v) is 8.14. The van der Waals surface area contributed by atoms with Crippen molar-refractivity contribution >= 4 is 23.3 Å². The van der Waals surface area contributed by atoms with E-state index < -0.39 is 23.7 Å². The van der Waals surface area contributed by atoms with Crippen LogP contribution in [0.25, 0.3) is 0 Å². The molecular weight excluding hydrogens is 423 g/mol. The van der Waals surface area contributed by atoms with Gasteiger partial charge in [-0.3, -0.25) is 19.3 Å². The Labute approximate surface area is 191 Å². The van der Waals surface area contributed by atoms with Crippen molar-refractivity contribution in [2.45, 2.75) is 44.7 Å². The van der Waals surface area contributed by atoms with Gasteiger partial charge in [-0.05, 0) is 50.1 Å². The number of nitrogens with zero attached hydrogens (tertiary/aromatic N) is 1. The molecule has 2 amide bonds. The van der Waals surface area contributed by atoms with E-state index in [1.807, 2.05) is 0 Å². The lowest BCUT2D eigenvalue weighted by atomic mass is 9.99. The minimum Gasteiger partial charge on any atom is -0.459 e. The highest BCUT2D eigenvalue weighted by atomic mass is 19.1. The summed E-state index contributed by atoms with van der Waals surface area (Å²) in [5, 5.41) is 2.99. The SMILES string of the molecule is CC(=O)c1ccccc1N(C(=O)c1ccco1)C(C(=O)NC1CCCC1)c1ccccc1F. The minimum atomic E-state index is -1.34. The Kier molecular flexibility index (Phi) is 6.68. The number of ketones is 1. The van der Waals surface area contributed by atoms with Crippen LogP contribution in [0, 0.1) is 5.82 Å². The first-order chi connectivity index (χ1) is 16.0. The summed E-state index contributed by atoms with van der Waals surface area (Å²) in [6.07, 6.45) is 4.99. The molecule has 0 saturated heterocycles. The number of para-hydroxylation sites is 1. The van der Waals surface area contributed by atoms with Gasteiger partial charge in [0.25, 0.3) is 5.91 Å². The normalized spacial score (nSPS) is 14.6. The zero-order valence-corrected chi connectivity index (χ0v) is 18.3. The zero-order valence-electron chi connectivity index (χ0n) is 18.3. The lowest BCUT2D eigenvalue weighted by Gasteiger charge is -2.33. The summed E-state index contributed by atoms with van der Waals surface area (Å²) in [5.41, 5.74) is 0.486. The summed E-state index contributed by atoms with van der Waals surface area (Å²) in [7, 11) is 0. The Morgan fingerprint density at radius 1 is 1.00 bits per heavy atom. The summed E-state index contributed by atoms with van der Waals surface area (Å²) in [6.45, 7) is 1.38. The van der Waals surface area contributed by atoms with Crippen LogP contribution in [0.15, 0.2) is 71.3 Å². The smallest absolute Gasteiger partial charge is 0.294 e. The Morgan fingerprint density at radius 3 is 2.36 bits per heavy atom. The fraction of sp³-hybridized carbons (Fsp3) is 0.269. The molecule has 170 valence electrons. The van der Waals surface area contributed by atoms with Crippen LogP contribution in [0.3, 0.4) is 0 Å². The van der Waals surface area contributed by atoms with Gasteiger partial charge in [-0.25, -0.2) is 4.39 Å². The van der Waals surface area contributed by atoms with Crippen molar-refractivity contribution in [3.63, 3.8) is 0 Å². The molecule has 6 nitrogen and oxygen atoms in total. The number of amides is 2. The van der Waals surface area contributed by atoms with Crippen LogP contribution in [-0.2, 0) is 4.79 Å². The molecule has 7 heteroatoms. The molecule has 1 N–H and O–H groups in total. The molecule has 1 heterocycles. The van der Waals surface area contributed by atoms with Crippen molar-refractivity contribution in [2.75, 3.05) is 4.90 Å². The Morgan fingerprint density at radius 2 is 1.70 bits per heavy atom. The van der Waals surface area contributed by atoms with Gasteiger partial charge in [0, 0.05) is 17.2 Å². The summed E-state index contributed by atoms with van der Waals surface area (Å²) in [5.74, 6) is -2.09. The number of hydrogen-bond acceptors (Lipinski definition) is 4. The van der Waals surface area contributed by atoms with E-state index in [0.717, 1.165) is 30.6 Å². The van der Waals surface area contributed by atoms with Crippen LogP contribution >= 0.6 is 0 Å². The quantitative estimate of drug-likeness (QED) is 0.512. The molecule has 1 aliphatic carbocycles. The zero-order chi connectivity index (χ0) is 23.4. The molecule has 1 fully saturated rings. The van der Waals surface area contributed by atoms with Gasteiger partial charge in [0.1, 0.15) is 11.9 Å². The first-order valence-electron chi connectivity index (χ1n) is 11.0. The van der Waals surface area contributed by atoms with Crippen LogP contribution in [0.5, 0.6) is 0 Å². The molecule has 0 spiro atoms. The first-order valence-corrected chi connectivity index (χ1v) is 11.0. The van der Waals surface area contributed by atoms with Gasteiger partial charge in [-0.15, -0.1) is 0 Å². The molecule has 1 aromatic heterocycles. The number of hydrogen-bond donors (Lipinski definition) is 1. The van der Waals surface area contributed by atoms with Crippen molar-refractivity contribution in [1.29, 1.82) is 0 Å². The molecule has 0 radical (unpaired) electrons. The lowest BCUT2D eigenvalue weighted by molar-refractivity contribution is -0.123. The number of furan rings is 1. The number of nitrogens with one attached hydrogen (secondary N) is 1. The standard InChI is InChI=1S/C26H25FN2O4/c1-17(30)19-11-5-7-14-22(19)29(26(32)23-15-8-16-33-23)24(20-12-4-6-13-21(20)27)25(31)28-18-9-2-3-10-18/h4-8,11-16,18,24H,2-3,9-10H2,1H3,(H,28,31). The van der Waals surface area contributed by atoms with E-state index in [9.17, 15) is 14.4 Å². The van der Waals surface area contributed by atoms with E-state index in [4.69, 9.17) is 4.42 Å². The van der Waals surface area contributed by atoms with Gasteiger partial charge in [-0.2, -0.15) is 0 Å². The fourth-order valence-corrected chi connectivity index (χ4v) is 4.31. The summed E-state index contributed by atoms with van der Waals surface area (Å²) in [6, 6.07) is 14.0. The fourth-order valence-electron chi connectivity index (χ4n) is 4.31. The molecule has 33 heavy (non-hydrogen) atoms. The molecule has 2 aromatic carbocycles. The predicted molar refractivity (Wildman–Crippen MR) is 122 cm³/mol. The molecule has 0 bridgehead atoms. The number of anilines is 1. The van der Waals surface area contributed by atoms with Gasteiger partial charge in [0.15, 0.2) is 11.5 Å². The highest BCUT2D eigenvalue weighted by Gasteiger charge is 2.38. The lowest BCUT2D eigenvalue weighted by Crippen LogP contribution is -2.47. The maximum absolute atomic E-state index is 15.0. The molecule has 1 saturated carbocycles. The number of carbonyl (C=O) groups is 3. The van der Waals surface area contributed by atoms with Crippen LogP contribution < -0.4 is 10.2 Å². The summed E-state index contributed by atoms with van der Waals surface area (Å²) in [4.78, 5) is 40.9. The van der Waals surface area contributed by atoms with Crippen molar-refractivity contribution in [3.8, 4) is 0 Å². The van der Waals surface area contributed by atoms with E-state index in [-0.39, 0.29) is 34.4 Å². The highest BCUT2D eigenvalue weighted by Crippen LogP contribution is 2.34. The topological polar surface area (TPSA) is 79.6 Å². The van der Waals surface area contributed by atoms with Gasteiger partial charge in [-0.1, -0.05) is 43.2 Å². The van der Waals surface area contributed by atoms with E-state index in [1.54, 1.807) is 36.4 Å². The Bertz CT molecular complexity index is 1150. The Balaban J connectivity index is 1.89. The molecule has 1 atom stereocenters. The van der Waals surface area contributed by atoms with E-state index in [2.05, 4.69) is 5.32 Å². The second-order valence-electron chi connectivity index (χ2n) is 8.14. The first kappa shape index (κ1) is 22.5. The molecule has 3 aromatic rings.